The third-order valence-electron chi connectivity index (χ3n) is 6.55. The second-order valence-electron chi connectivity index (χ2n) is 8.30. The van der Waals surface area contributed by atoms with Crippen LogP contribution >= 0.6 is 11.6 Å². The summed E-state index contributed by atoms with van der Waals surface area (Å²) in [4.78, 5) is 5.05. The van der Waals surface area contributed by atoms with Gasteiger partial charge in [0.2, 0.25) is 0 Å². The Morgan fingerprint density at radius 3 is 2.48 bits per heavy atom. The number of halogens is 1. The number of aryl methyl sites for hydroxylation is 1. The molecule has 1 spiro atoms. The van der Waals surface area contributed by atoms with Crippen molar-refractivity contribution in [2.75, 3.05) is 5.32 Å². The number of nitrogens with zero attached hydrogens (tertiary/aromatic N) is 1. The first kappa shape index (κ1) is 17.1. The number of anilines is 2. The summed E-state index contributed by atoms with van der Waals surface area (Å²) in [6, 6.07) is 16.5. The molecule has 3 aromatic rings. The van der Waals surface area contributed by atoms with Gasteiger partial charge >= 0.3 is 0 Å². The molecule has 1 fully saturated rings. The molecule has 2 aromatic carbocycles. The van der Waals surface area contributed by atoms with Crippen molar-refractivity contribution in [1.29, 1.82) is 0 Å². The molecule has 2 nitrogen and oxygen atoms in total. The average Bonchev–Trinajstić information content (AvgIpc) is 2.70. The van der Waals surface area contributed by atoms with E-state index >= 15 is 0 Å². The summed E-state index contributed by atoms with van der Waals surface area (Å²) < 4.78 is 0. The Morgan fingerprint density at radius 1 is 0.889 bits per heavy atom. The second kappa shape index (κ2) is 6.83. The number of fused-ring (bicyclic) bond motifs is 2. The Kier molecular flexibility index (Phi) is 4.32. The standard InChI is InChI=1S/C24H25ClN2/c25-17-8-10-18(11-9-17)26-23-19-6-2-3-7-21(19)27-22-12-15-24(16-20(22)23)13-4-1-5-14-24/h2-3,6-11H,1,4-5,12-16H2,(H,26,27). The first-order valence-electron chi connectivity index (χ1n) is 10.2. The highest BCUT2D eigenvalue weighted by Gasteiger charge is 2.37. The van der Waals surface area contributed by atoms with E-state index in [9.17, 15) is 0 Å². The molecule has 0 amide bonds. The molecule has 1 N–H and O–H groups in total. The Bertz CT molecular complexity index is 972. The summed E-state index contributed by atoms with van der Waals surface area (Å²) >= 11 is 6.08. The Labute approximate surface area is 166 Å². The minimum atomic E-state index is 0.492. The van der Waals surface area contributed by atoms with Gasteiger partial charge in [-0.05, 0) is 73.4 Å². The quantitative estimate of drug-likeness (QED) is 0.517. The molecule has 1 heterocycles. The van der Waals surface area contributed by atoms with Crippen LogP contribution in [-0.2, 0) is 12.8 Å². The first-order chi connectivity index (χ1) is 13.2. The molecule has 0 bridgehead atoms. The summed E-state index contributed by atoms with van der Waals surface area (Å²) in [5.41, 5.74) is 6.65. The van der Waals surface area contributed by atoms with Gasteiger partial charge in [0, 0.05) is 21.8 Å². The van der Waals surface area contributed by atoms with Gasteiger partial charge in [0.1, 0.15) is 0 Å². The fourth-order valence-corrected chi connectivity index (χ4v) is 5.22. The maximum Gasteiger partial charge on any atom is 0.0726 e. The Balaban J connectivity index is 1.63. The van der Waals surface area contributed by atoms with Crippen LogP contribution in [-0.4, -0.2) is 4.98 Å². The van der Waals surface area contributed by atoms with E-state index in [0.717, 1.165) is 29.1 Å². The zero-order valence-corrected chi connectivity index (χ0v) is 16.4. The molecule has 27 heavy (non-hydrogen) atoms. The lowest BCUT2D eigenvalue weighted by molar-refractivity contribution is 0.161. The van der Waals surface area contributed by atoms with Crippen molar-refractivity contribution in [3.05, 3.63) is 64.8 Å². The van der Waals surface area contributed by atoms with Gasteiger partial charge in [0.15, 0.2) is 0 Å². The minimum Gasteiger partial charge on any atom is -0.355 e. The summed E-state index contributed by atoms with van der Waals surface area (Å²) in [5, 5.41) is 5.71. The molecular formula is C24H25ClN2. The van der Waals surface area contributed by atoms with Gasteiger partial charge < -0.3 is 5.32 Å². The maximum atomic E-state index is 6.08. The summed E-state index contributed by atoms with van der Waals surface area (Å²) in [5.74, 6) is 0. The molecule has 3 heteroatoms. The third kappa shape index (κ3) is 3.21. The molecule has 0 aliphatic heterocycles. The van der Waals surface area contributed by atoms with Crippen LogP contribution in [0.4, 0.5) is 11.4 Å². The van der Waals surface area contributed by atoms with Gasteiger partial charge in [0.25, 0.3) is 0 Å². The average molecular weight is 377 g/mol. The van der Waals surface area contributed by atoms with Gasteiger partial charge in [-0.3, -0.25) is 4.98 Å². The van der Waals surface area contributed by atoms with Crippen molar-refractivity contribution in [3.8, 4) is 0 Å². The van der Waals surface area contributed by atoms with Crippen LogP contribution in [0.2, 0.25) is 5.02 Å². The number of hydrogen-bond acceptors (Lipinski definition) is 2. The third-order valence-corrected chi connectivity index (χ3v) is 6.80. The van der Waals surface area contributed by atoms with Crippen LogP contribution < -0.4 is 5.32 Å². The largest absolute Gasteiger partial charge is 0.355 e. The number of benzene rings is 2. The molecule has 2 aliphatic rings. The van der Waals surface area contributed by atoms with Crippen LogP contribution in [0, 0.1) is 5.41 Å². The molecule has 1 aromatic heterocycles. The Hall–Kier alpha value is -2.06. The van der Waals surface area contributed by atoms with E-state index in [1.807, 2.05) is 12.1 Å². The lowest BCUT2D eigenvalue weighted by atomic mass is 9.64. The topological polar surface area (TPSA) is 24.9 Å². The monoisotopic (exact) mass is 376 g/mol. The molecule has 5 rings (SSSR count). The van der Waals surface area contributed by atoms with E-state index in [4.69, 9.17) is 16.6 Å². The lowest BCUT2D eigenvalue weighted by Crippen LogP contribution is -2.32. The summed E-state index contributed by atoms with van der Waals surface area (Å²) in [6.07, 6.45) is 10.5. The zero-order valence-electron chi connectivity index (χ0n) is 15.6. The van der Waals surface area contributed by atoms with Crippen molar-refractivity contribution in [2.24, 2.45) is 5.41 Å². The van der Waals surface area contributed by atoms with Gasteiger partial charge in [-0.25, -0.2) is 0 Å². The second-order valence-corrected chi connectivity index (χ2v) is 8.73. The molecular weight excluding hydrogens is 352 g/mol. The van der Waals surface area contributed by atoms with Crippen LogP contribution in [0.25, 0.3) is 10.9 Å². The van der Waals surface area contributed by atoms with Crippen molar-refractivity contribution < 1.29 is 0 Å². The van der Waals surface area contributed by atoms with Gasteiger partial charge in [-0.2, -0.15) is 0 Å². The van der Waals surface area contributed by atoms with E-state index in [2.05, 4.69) is 41.7 Å². The molecule has 138 valence electrons. The highest BCUT2D eigenvalue weighted by atomic mass is 35.5. The summed E-state index contributed by atoms with van der Waals surface area (Å²) in [6.45, 7) is 0. The number of aromatic nitrogens is 1. The smallest absolute Gasteiger partial charge is 0.0726 e. The molecule has 0 unspecified atom stereocenters. The highest BCUT2D eigenvalue weighted by molar-refractivity contribution is 6.30. The van der Waals surface area contributed by atoms with Crippen molar-refractivity contribution in [1.82, 2.24) is 4.98 Å². The number of pyridine rings is 1. The van der Waals surface area contributed by atoms with E-state index in [1.165, 1.54) is 60.9 Å². The molecule has 2 aliphatic carbocycles. The fourth-order valence-electron chi connectivity index (χ4n) is 5.10. The normalized spacial score (nSPS) is 18.4. The molecule has 1 saturated carbocycles. The van der Waals surface area contributed by atoms with E-state index < -0.39 is 0 Å². The van der Waals surface area contributed by atoms with Crippen molar-refractivity contribution in [3.63, 3.8) is 0 Å². The lowest BCUT2D eigenvalue weighted by Gasteiger charge is -2.41. The van der Waals surface area contributed by atoms with Crippen LogP contribution in [0.15, 0.2) is 48.5 Å². The maximum absolute atomic E-state index is 6.08. The molecule has 0 saturated heterocycles. The van der Waals surface area contributed by atoms with E-state index in [-0.39, 0.29) is 0 Å². The van der Waals surface area contributed by atoms with Crippen molar-refractivity contribution >= 4 is 33.9 Å². The Morgan fingerprint density at radius 2 is 1.67 bits per heavy atom. The SMILES string of the molecule is Clc1ccc(Nc2c3c(nc4ccccc24)CCC2(CCCCC2)C3)cc1. The number of rotatable bonds is 2. The predicted octanol–water partition coefficient (Wildman–Crippen LogP) is 7.07. The fraction of sp³-hybridized carbons (Fsp3) is 0.375. The van der Waals surface area contributed by atoms with Crippen LogP contribution in [0.3, 0.4) is 0 Å². The first-order valence-corrected chi connectivity index (χ1v) is 10.5. The van der Waals surface area contributed by atoms with Gasteiger partial charge in [-0.1, -0.05) is 49.1 Å². The van der Waals surface area contributed by atoms with Gasteiger partial charge in [-0.15, -0.1) is 0 Å². The number of nitrogens with one attached hydrogen (secondary N) is 1. The zero-order chi connectivity index (χ0) is 18.3. The number of hydrogen-bond donors (Lipinski definition) is 1. The van der Waals surface area contributed by atoms with E-state index in [1.54, 1.807) is 0 Å². The minimum absolute atomic E-state index is 0.492. The number of para-hydroxylation sites is 1. The van der Waals surface area contributed by atoms with Crippen LogP contribution in [0.1, 0.15) is 49.8 Å². The summed E-state index contributed by atoms with van der Waals surface area (Å²) in [7, 11) is 0. The molecule has 0 atom stereocenters. The van der Waals surface area contributed by atoms with E-state index in [0.29, 0.717) is 5.41 Å². The van der Waals surface area contributed by atoms with Gasteiger partial charge in [0.05, 0.1) is 11.2 Å². The molecule has 0 radical (unpaired) electrons. The highest BCUT2D eigenvalue weighted by Crippen LogP contribution is 2.48. The van der Waals surface area contributed by atoms with Crippen LogP contribution in [0.5, 0.6) is 0 Å². The predicted molar refractivity (Wildman–Crippen MR) is 114 cm³/mol. The van der Waals surface area contributed by atoms with Crippen molar-refractivity contribution in [2.45, 2.75) is 51.4 Å².